The van der Waals surface area contributed by atoms with Crippen LogP contribution in [0.2, 0.25) is 0 Å². The SMILES string of the molecule is C=CCOc1cc(N)nc(C(C)(C)C)n1. The summed E-state index contributed by atoms with van der Waals surface area (Å²) in [5, 5.41) is 0. The number of hydrogen-bond acceptors (Lipinski definition) is 4. The molecular weight excluding hydrogens is 190 g/mol. The zero-order valence-electron chi connectivity index (χ0n) is 9.45. The molecule has 0 fully saturated rings. The van der Waals surface area contributed by atoms with Gasteiger partial charge in [0.25, 0.3) is 0 Å². The zero-order chi connectivity index (χ0) is 11.5. The van der Waals surface area contributed by atoms with E-state index in [0.29, 0.717) is 24.1 Å². The van der Waals surface area contributed by atoms with E-state index in [1.165, 1.54) is 0 Å². The molecule has 1 rings (SSSR count). The molecule has 0 amide bonds. The summed E-state index contributed by atoms with van der Waals surface area (Å²) in [6.45, 7) is 10.1. The Morgan fingerprint density at radius 3 is 2.67 bits per heavy atom. The van der Waals surface area contributed by atoms with Crippen LogP contribution >= 0.6 is 0 Å². The van der Waals surface area contributed by atoms with Gasteiger partial charge in [-0.1, -0.05) is 33.4 Å². The number of rotatable bonds is 3. The molecule has 1 aromatic rings. The van der Waals surface area contributed by atoms with Crippen LogP contribution in [0.15, 0.2) is 18.7 Å². The van der Waals surface area contributed by atoms with Crippen LogP contribution in [0.3, 0.4) is 0 Å². The molecule has 1 heterocycles. The van der Waals surface area contributed by atoms with Crippen molar-refractivity contribution in [3.05, 3.63) is 24.5 Å². The minimum absolute atomic E-state index is 0.137. The molecule has 0 atom stereocenters. The van der Waals surface area contributed by atoms with Crippen molar-refractivity contribution in [3.63, 3.8) is 0 Å². The normalized spacial score (nSPS) is 11.1. The maximum Gasteiger partial charge on any atom is 0.219 e. The first-order valence-electron chi connectivity index (χ1n) is 4.82. The summed E-state index contributed by atoms with van der Waals surface area (Å²) < 4.78 is 5.32. The summed E-state index contributed by atoms with van der Waals surface area (Å²) in [5.74, 6) is 1.60. The quantitative estimate of drug-likeness (QED) is 0.769. The lowest BCUT2D eigenvalue weighted by atomic mass is 9.96. The lowest BCUT2D eigenvalue weighted by Gasteiger charge is -2.17. The van der Waals surface area contributed by atoms with E-state index in [-0.39, 0.29) is 5.41 Å². The van der Waals surface area contributed by atoms with Crippen LogP contribution in [0.1, 0.15) is 26.6 Å². The molecular formula is C11H17N3O. The van der Waals surface area contributed by atoms with E-state index in [1.54, 1.807) is 12.1 Å². The van der Waals surface area contributed by atoms with Crippen molar-refractivity contribution in [2.75, 3.05) is 12.3 Å². The third kappa shape index (κ3) is 3.23. The van der Waals surface area contributed by atoms with Crippen molar-refractivity contribution >= 4 is 5.82 Å². The van der Waals surface area contributed by atoms with Crippen LogP contribution in [0.5, 0.6) is 5.88 Å². The molecule has 0 saturated heterocycles. The van der Waals surface area contributed by atoms with Gasteiger partial charge >= 0.3 is 0 Å². The average molecular weight is 207 g/mol. The van der Waals surface area contributed by atoms with Crippen LogP contribution < -0.4 is 10.5 Å². The van der Waals surface area contributed by atoms with Crippen LogP contribution in [0.4, 0.5) is 5.82 Å². The Morgan fingerprint density at radius 2 is 2.13 bits per heavy atom. The fourth-order valence-corrected chi connectivity index (χ4v) is 0.996. The van der Waals surface area contributed by atoms with Gasteiger partial charge in [-0.05, 0) is 0 Å². The molecule has 0 bridgehead atoms. The summed E-state index contributed by atoms with van der Waals surface area (Å²) in [6, 6.07) is 1.61. The molecule has 0 aromatic carbocycles. The van der Waals surface area contributed by atoms with Gasteiger partial charge in [-0.25, -0.2) is 4.98 Å². The summed E-state index contributed by atoms with van der Waals surface area (Å²) in [6.07, 6.45) is 1.66. The summed E-state index contributed by atoms with van der Waals surface area (Å²) in [4.78, 5) is 8.46. The van der Waals surface area contributed by atoms with Crippen LogP contribution in [0.25, 0.3) is 0 Å². The van der Waals surface area contributed by atoms with E-state index >= 15 is 0 Å². The fraction of sp³-hybridized carbons (Fsp3) is 0.455. The highest BCUT2D eigenvalue weighted by Crippen LogP contribution is 2.21. The van der Waals surface area contributed by atoms with Crippen molar-refractivity contribution < 1.29 is 4.74 Å². The summed E-state index contributed by atoms with van der Waals surface area (Å²) >= 11 is 0. The van der Waals surface area contributed by atoms with Gasteiger partial charge in [-0.2, -0.15) is 4.98 Å². The van der Waals surface area contributed by atoms with Gasteiger partial charge in [0.2, 0.25) is 5.88 Å². The Morgan fingerprint density at radius 1 is 1.47 bits per heavy atom. The van der Waals surface area contributed by atoms with E-state index in [9.17, 15) is 0 Å². The maximum absolute atomic E-state index is 5.67. The third-order valence-corrected chi connectivity index (χ3v) is 1.74. The predicted molar refractivity (Wildman–Crippen MR) is 60.8 cm³/mol. The molecule has 15 heavy (non-hydrogen) atoms. The smallest absolute Gasteiger partial charge is 0.219 e. The molecule has 2 N–H and O–H groups in total. The second kappa shape index (κ2) is 4.29. The Hall–Kier alpha value is -1.58. The number of aromatic nitrogens is 2. The maximum atomic E-state index is 5.67. The second-order valence-electron chi connectivity index (χ2n) is 4.30. The Labute approximate surface area is 90.2 Å². The van der Waals surface area contributed by atoms with Crippen molar-refractivity contribution in [1.29, 1.82) is 0 Å². The minimum Gasteiger partial charge on any atom is -0.473 e. The van der Waals surface area contributed by atoms with Gasteiger partial charge in [-0.3, -0.25) is 0 Å². The number of anilines is 1. The van der Waals surface area contributed by atoms with Crippen LogP contribution in [-0.4, -0.2) is 16.6 Å². The molecule has 4 nitrogen and oxygen atoms in total. The first-order chi connectivity index (χ1) is 6.93. The van der Waals surface area contributed by atoms with Crippen molar-refractivity contribution in [3.8, 4) is 5.88 Å². The van der Waals surface area contributed by atoms with Crippen molar-refractivity contribution in [2.24, 2.45) is 0 Å². The number of nitrogens with zero attached hydrogens (tertiary/aromatic N) is 2. The molecule has 0 aliphatic rings. The lowest BCUT2D eigenvalue weighted by Crippen LogP contribution is -2.17. The topological polar surface area (TPSA) is 61.0 Å². The number of nitrogens with two attached hydrogens (primary N) is 1. The molecule has 4 heteroatoms. The van der Waals surface area contributed by atoms with Gasteiger partial charge in [0.15, 0.2) is 0 Å². The lowest BCUT2D eigenvalue weighted by molar-refractivity contribution is 0.343. The summed E-state index contributed by atoms with van der Waals surface area (Å²) in [5.41, 5.74) is 5.53. The zero-order valence-corrected chi connectivity index (χ0v) is 9.45. The standard InChI is InChI=1S/C11H17N3O/c1-5-6-15-9-7-8(12)13-10(14-9)11(2,3)4/h5,7H,1,6H2,2-4H3,(H2,12,13,14). The number of nitrogen functional groups attached to an aromatic ring is 1. The number of hydrogen-bond donors (Lipinski definition) is 1. The largest absolute Gasteiger partial charge is 0.473 e. The van der Waals surface area contributed by atoms with E-state index in [1.807, 2.05) is 20.8 Å². The first-order valence-corrected chi connectivity index (χ1v) is 4.82. The van der Waals surface area contributed by atoms with Crippen LogP contribution in [0, 0.1) is 0 Å². The molecule has 1 aromatic heterocycles. The minimum atomic E-state index is -0.137. The average Bonchev–Trinajstić information content (AvgIpc) is 2.12. The van der Waals surface area contributed by atoms with E-state index in [2.05, 4.69) is 16.5 Å². The Bertz CT molecular complexity index is 355. The fourth-order valence-electron chi connectivity index (χ4n) is 0.996. The highest BCUT2D eigenvalue weighted by molar-refractivity contribution is 5.34. The van der Waals surface area contributed by atoms with Crippen LogP contribution in [-0.2, 0) is 5.41 Å². The Kier molecular flexibility index (Phi) is 3.29. The predicted octanol–water partition coefficient (Wildman–Crippen LogP) is 1.92. The van der Waals surface area contributed by atoms with E-state index in [4.69, 9.17) is 10.5 Å². The molecule has 0 radical (unpaired) electrons. The molecule has 0 unspecified atom stereocenters. The first kappa shape index (κ1) is 11.5. The molecule has 0 aliphatic heterocycles. The highest BCUT2D eigenvalue weighted by Gasteiger charge is 2.18. The van der Waals surface area contributed by atoms with Gasteiger partial charge in [-0.15, -0.1) is 0 Å². The number of ether oxygens (including phenoxy) is 1. The molecule has 0 aliphatic carbocycles. The molecule has 0 spiro atoms. The Balaban J connectivity index is 3.00. The van der Waals surface area contributed by atoms with Gasteiger partial charge in [0.05, 0.1) is 0 Å². The van der Waals surface area contributed by atoms with Crippen molar-refractivity contribution in [1.82, 2.24) is 9.97 Å². The van der Waals surface area contributed by atoms with Gasteiger partial charge in [0, 0.05) is 11.5 Å². The van der Waals surface area contributed by atoms with E-state index < -0.39 is 0 Å². The highest BCUT2D eigenvalue weighted by atomic mass is 16.5. The van der Waals surface area contributed by atoms with Gasteiger partial charge in [0.1, 0.15) is 18.2 Å². The molecule has 82 valence electrons. The van der Waals surface area contributed by atoms with E-state index in [0.717, 1.165) is 0 Å². The second-order valence-corrected chi connectivity index (χ2v) is 4.30. The van der Waals surface area contributed by atoms with Crippen molar-refractivity contribution in [2.45, 2.75) is 26.2 Å². The third-order valence-electron chi connectivity index (χ3n) is 1.74. The summed E-state index contributed by atoms with van der Waals surface area (Å²) in [7, 11) is 0. The van der Waals surface area contributed by atoms with Gasteiger partial charge < -0.3 is 10.5 Å². The molecule has 0 saturated carbocycles. The monoisotopic (exact) mass is 207 g/mol.